The van der Waals surface area contributed by atoms with E-state index in [0.717, 1.165) is 11.1 Å². The molecule has 0 fully saturated rings. The fourth-order valence-corrected chi connectivity index (χ4v) is 2.86. The van der Waals surface area contributed by atoms with Gasteiger partial charge in [-0.2, -0.15) is 0 Å². The van der Waals surface area contributed by atoms with Crippen molar-refractivity contribution in [3.8, 4) is 23.0 Å². The van der Waals surface area contributed by atoms with Gasteiger partial charge in [-0.15, -0.1) is 0 Å². The van der Waals surface area contributed by atoms with Gasteiger partial charge >= 0.3 is 11.9 Å². The van der Waals surface area contributed by atoms with Crippen LogP contribution in [0, 0.1) is 11.8 Å². The molecule has 0 radical (unpaired) electrons. The van der Waals surface area contributed by atoms with Crippen LogP contribution in [0.3, 0.4) is 0 Å². The average Bonchev–Trinajstić information content (AvgIpc) is 2.94. The van der Waals surface area contributed by atoms with E-state index in [9.17, 15) is 9.59 Å². The smallest absolute Gasteiger partial charge is 0.338 e. The minimum Gasteiger partial charge on any atom is -0.462 e. The number of fused-ring (bicyclic) bond motifs is 1. The average molecular weight is 372 g/mol. The maximum Gasteiger partial charge on any atom is 0.338 e. The molecule has 0 saturated heterocycles. The molecule has 0 N–H and O–H groups in total. The van der Waals surface area contributed by atoms with E-state index in [0.29, 0.717) is 22.3 Å². The number of hydrogen-bond acceptors (Lipinski definition) is 4. The Bertz CT molecular complexity index is 973. The maximum atomic E-state index is 12.3. The molecule has 0 heterocycles. The van der Waals surface area contributed by atoms with Crippen LogP contribution >= 0.6 is 0 Å². The minimum absolute atomic E-state index is 0.257. The Morgan fingerprint density at radius 3 is 1.64 bits per heavy atom. The van der Waals surface area contributed by atoms with Crippen molar-refractivity contribution >= 4 is 11.9 Å². The first-order chi connectivity index (χ1) is 13.6. The van der Waals surface area contributed by atoms with Crippen molar-refractivity contribution in [3.63, 3.8) is 0 Å². The number of carbonyl (C=O) groups is 2. The van der Waals surface area contributed by atoms with Crippen LogP contribution in [0.4, 0.5) is 0 Å². The molecular formula is C24H20O4. The number of rotatable bonds is 4. The first-order valence-electron chi connectivity index (χ1n) is 9.12. The van der Waals surface area contributed by atoms with Crippen molar-refractivity contribution in [2.75, 3.05) is 13.2 Å². The molecule has 3 rings (SSSR count). The highest BCUT2D eigenvalue weighted by atomic mass is 16.5. The summed E-state index contributed by atoms with van der Waals surface area (Å²) < 4.78 is 10.3. The fraction of sp³-hybridized carbons (Fsp3) is 0.167. The molecule has 1 aromatic carbocycles. The lowest BCUT2D eigenvalue weighted by atomic mass is 10.1. The summed E-state index contributed by atoms with van der Waals surface area (Å²) in [6, 6.07) is 18.4. The van der Waals surface area contributed by atoms with Crippen LogP contribution in [0.15, 0.2) is 60.7 Å². The third-order valence-electron chi connectivity index (χ3n) is 4.13. The van der Waals surface area contributed by atoms with Gasteiger partial charge < -0.3 is 9.47 Å². The number of benzene rings is 1. The Balaban J connectivity index is 2.07. The number of carbonyl (C=O) groups excluding carboxylic acids is 2. The lowest BCUT2D eigenvalue weighted by molar-refractivity contribution is 0.0525. The van der Waals surface area contributed by atoms with Crippen LogP contribution in [-0.2, 0) is 9.47 Å². The summed E-state index contributed by atoms with van der Waals surface area (Å²) in [6.07, 6.45) is 0. The van der Waals surface area contributed by atoms with Gasteiger partial charge in [0.25, 0.3) is 0 Å². The molecule has 140 valence electrons. The highest BCUT2D eigenvalue weighted by Gasteiger charge is 2.25. The zero-order chi connectivity index (χ0) is 19.9. The SMILES string of the molecule is CCOC(=O)c1cc(C(=O)OCC)c2ccc(C#Cc3ccccc3)ccc1-2. The summed E-state index contributed by atoms with van der Waals surface area (Å²) in [5.74, 6) is 5.28. The van der Waals surface area contributed by atoms with Gasteiger partial charge in [0.05, 0.1) is 24.3 Å². The van der Waals surface area contributed by atoms with Crippen LogP contribution in [0.25, 0.3) is 11.1 Å². The van der Waals surface area contributed by atoms with Crippen molar-refractivity contribution in [3.05, 3.63) is 82.9 Å². The largest absolute Gasteiger partial charge is 0.462 e. The van der Waals surface area contributed by atoms with Gasteiger partial charge in [0, 0.05) is 11.1 Å². The topological polar surface area (TPSA) is 52.6 Å². The van der Waals surface area contributed by atoms with Crippen molar-refractivity contribution in [1.82, 2.24) is 0 Å². The monoisotopic (exact) mass is 372 g/mol. The predicted octanol–water partition coefficient (Wildman–Crippen LogP) is 4.54. The maximum absolute atomic E-state index is 12.3. The summed E-state index contributed by atoms with van der Waals surface area (Å²) in [4.78, 5) is 24.7. The van der Waals surface area contributed by atoms with Gasteiger partial charge in [-0.3, -0.25) is 0 Å². The highest BCUT2D eigenvalue weighted by Crippen LogP contribution is 2.33. The van der Waals surface area contributed by atoms with Crippen molar-refractivity contribution in [2.45, 2.75) is 13.8 Å². The quantitative estimate of drug-likeness (QED) is 0.498. The van der Waals surface area contributed by atoms with Gasteiger partial charge in [-0.25, -0.2) is 9.59 Å². The summed E-state index contributed by atoms with van der Waals surface area (Å²) in [5.41, 5.74) is 3.64. The summed E-state index contributed by atoms with van der Waals surface area (Å²) >= 11 is 0. The molecule has 28 heavy (non-hydrogen) atoms. The molecule has 0 aliphatic heterocycles. The number of hydrogen-bond donors (Lipinski definition) is 0. The predicted molar refractivity (Wildman–Crippen MR) is 107 cm³/mol. The molecule has 0 saturated carbocycles. The van der Waals surface area contributed by atoms with Crippen molar-refractivity contribution < 1.29 is 19.1 Å². The first kappa shape index (κ1) is 19.2. The zero-order valence-corrected chi connectivity index (χ0v) is 15.8. The molecule has 2 aliphatic carbocycles. The molecule has 4 heteroatoms. The van der Waals surface area contributed by atoms with Crippen LogP contribution in [-0.4, -0.2) is 25.2 Å². The third kappa shape index (κ3) is 4.21. The molecule has 1 aromatic rings. The Labute approximate surface area is 164 Å². The molecule has 0 spiro atoms. The molecule has 0 bridgehead atoms. The van der Waals surface area contributed by atoms with Crippen molar-refractivity contribution in [1.29, 1.82) is 0 Å². The lowest BCUT2D eigenvalue weighted by Gasteiger charge is -2.02. The standard InChI is InChI=1S/C24H20O4/c1-3-27-23(25)21-16-22(24(26)28-4-2)20-15-13-18(12-14-19(20)21)11-10-17-8-6-5-7-9-17/h5-9,12-16H,3-4H2,1-2H3. The number of ether oxygens (including phenoxy) is 2. The molecule has 2 aliphatic rings. The van der Waals surface area contributed by atoms with Crippen LogP contribution in [0.2, 0.25) is 0 Å². The summed E-state index contributed by atoms with van der Waals surface area (Å²) in [5, 5.41) is 0. The summed E-state index contributed by atoms with van der Waals surface area (Å²) in [7, 11) is 0. The van der Waals surface area contributed by atoms with Gasteiger partial charge in [0.2, 0.25) is 0 Å². The normalized spacial score (nSPS) is 10.1. The van der Waals surface area contributed by atoms with E-state index >= 15 is 0 Å². The second-order valence-corrected chi connectivity index (χ2v) is 5.98. The molecule has 0 aromatic heterocycles. The Hall–Kier alpha value is -3.58. The Morgan fingerprint density at radius 1 is 0.714 bits per heavy atom. The fourth-order valence-electron chi connectivity index (χ4n) is 2.86. The van der Waals surface area contributed by atoms with E-state index in [-0.39, 0.29) is 13.2 Å². The van der Waals surface area contributed by atoms with E-state index in [2.05, 4.69) is 11.8 Å². The first-order valence-corrected chi connectivity index (χ1v) is 9.12. The molecular weight excluding hydrogens is 352 g/mol. The molecule has 0 atom stereocenters. The molecule has 4 nitrogen and oxygen atoms in total. The molecule has 0 amide bonds. The van der Waals surface area contributed by atoms with E-state index in [1.807, 2.05) is 42.5 Å². The van der Waals surface area contributed by atoms with Crippen LogP contribution in [0.5, 0.6) is 0 Å². The second-order valence-electron chi connectivity index (χ2n) is 5.98. The Morgan fingerprint density at radius 2 is 1.18 bits per heavy atom. The van der Waals surface area contributed by atoms with Gasteiger partial charge in [-0.05, 0) is 55.3 Å². The highest BCUT2D eigenvalue weighted by molar-refractivity contribution is 6.08. The van der Waals surface area contributed by atoms with E-state index in [1.54, 1.807) is 26.0 Å². The van der Waals surface area contributed by atoms with Gasteiger partial charge in [-0.1, -0.05) is 42.2 Å². The van der Waals surface area contributed by atoms with Crippen LogP contribution in [0.1, 0.15) is 45.7 Å². The summed E-state index contributed by atoms with van der Waals surface area (Å²) in [6.45, 7) is 4.00. The zero-order valence-electron chi connectivity index (χ0n) is 15.8. The third-order valence-corrected chi connectivity index (χ3v) is 4.13. The van der Waals surface area contributed by atoms with Gasteiger partial charge in [0.15, 0.2) is 0 Å². The molecule has 0 unspecified atom stereocenters. The van der Waals surface area contributed by atoms with E-state index < -0.39 is 11.9 Å². The lowest BCUT2D eigenvalue weighted by Crippen LogP contribution is -2.05. The minimum atomic E-state index is -0.467. The van der Waals surface area contributed by atoms with Crippen molar-refractivity contribution in [2.24, 2.45) is 0 Å². The second kappa shape index (κ2) is 8.88. The van der Waals surface area contributed by atoms with E-state index in [1.165, 1.54) is 6.07 Å². The Kier molecular flexibility index (Phi) is 6.08. The number of esters is 2. The van der Waals surface area contributed by atoms with Gasteiger partial charge in [0.1, 0.15) is 0 Å². The van der Waals surface area contributed by atoms with Crippen LogP contribution < -0.4 is 0 Å². The van der Waals surface area contributed by atoms with E-state index in [4.69, 9.17) is 9.47 Å².